The normalized spacial score (nSPS) is 30.2. The van der Waals surface area contributed by atoms with E-state index in [1.165, 1.54) is 19.5 Å². The maximum atomic E-state index is 2.69. The molecule has 1 saturated heterocycles. The molecule has 14 heavy (non-hydrogen) atoms. The van der Waals surface area contributed by atoms with Crippen LogP contribution in [0.25, 0.3) is 0 Å². The molecule has 1 heteroatoms. The van der Waals surface area contributed by atoms with Crippen LogP contribution in [-0.4, -0.2) is 23.5 Å². The quantitative estimate of drug-likeness (QED) is 0.670. The Hall–Kier alpha value is -0.0400. The third kappa shape index (κ3) is 2.13. The molecule has 0 bridgehead atoms. The summed E-state index contributed by atoms with van der Waals surface area (Å²) in [6.45, 7) is 16.8. The fourth-order valence-corrected chi connectivity index (χ4v) is 2.40. The van der Waals surface area contributed by atoms with E-state index >= 15 is 0 Å². The molecule has 1 rings (SSSR count). The minimum atomic E-state index is 0.373. The van der Waals surface area contributed by atoms with Gasteiger partial charge in [-0.15, -0.1) is 0 Å². The van der Waals surface area contributed by atoms with Crippen molar-refractivity contribution in [2.45, 2.75) is 53.5 Å². The molecule has 1 aliphatic heterocycles. The lowest BCUT2D eigenvalue weighted by Gasteiger charge is -2.39. The summed E-state index contributed by atoms with van der Waals surface area (Å²) in [6.07, 6.45) is 1.34. The minimum absolute atomic E-state index is 0.373. The van der Waals surface area contributed by atoms with Crippen LogP contribution in [0.1, 0.15) is 48.0 Å². The Kier molecular flexibility index (Phi) is 3.63. The highest BCUT2D eigenvalue weighted by Gasteiger charge is 2.38. The Labute approximate surface area is 89.9 Å². The Morgan fingerprint density at radius 1 is 1.29 bits per heavy atom. The SMILES string of the molecule is CC[C@H]1CN(C(C)(C)C(C)C)C[C@@H]1C. The first-order chi connectivity index (χ1) is 6.39. The molecule has 0 radical (unpaired) electrons. The van der Waals surface area contributed by atoms with Crippen molar-refractivity contribution in [1.82, 2.24) is 4.90 Å². The van der Waals surface area contributed by atoms with E-state index < -0.39 is 0 Å². The van der Waals surface area contributed by atoms with Gasteiger partial charge < -0.3 is 0 Å². The third-order valence-electron chi connectivity index (χ3n) is 4.52. The summed E-state index contributed by atoms with van der Waals surface area (Å²) in [5, 5.41) is 0. The Bertz CT molecular complexity index is 184. The van der Waals surface area contributed by atoms with Crippen molar-refractivity contribution >= 4 is 0 Å². The Morgan fingerprint density at radius 2 is 1.86 bits per heavy atom. The molecule has 0 amide bonds. The highest BCUT2D eigenvalue weighted by Crippen LogP contribution is 2.34. The van der Waals surface area contributed by atoms with Crippen molar-refractivity contribution in [3.8, 4) is 0 Å². The van der Waals surface area contributed by atoms with Gasteiger partial charge in [0.1, 0.15) is 0 Å². The largest absolute Gasteiger partial charge is 0.297 e. The van der Waals surface area contributed by atoms with E-state index in [0.29, 0.717) is 5.54 Å². The van der Waals surface area contributed by atoms with E-state index in [-0.39, 0.29) is 0 Å². The summed E-state index contributed by atoms with van der Waals surface area (Å²) in [4.78, 5) is 2.69. The zero-order valence-corrected chi connectivity index (χ0v) is 10.8. The molecule has 0 N–H and O–H groups in total. The molecule has 0 aromatic rings. The van der Waals surface area contributed by atoms with Gasteiger partial charge in [0.05, 0.1) is 0 Å². The average molecular weight is 197 g/mol. The van der Waals surface area contributed by atoms with Crippen molar-refractivity contribution in [3.05, 3.63) is 0 Å². The molecule has 0 aliphatic carbocycles. The van der Waals surface area contributed by atoms with E-state index in [4.69, 9.17) is 0 Å². The molecule has 1 heterocycles. The van der Waals surface area contributed by atoms with Crippen LogP contribution in [0.3, 0.4) is 0 Å². The number of nitrogens with zero attached hydrogens (tertiary/aromatic N) is 1. The van der Waals surface area contributed by atoms with Crippen LogP contribution in [-0.2, 0) is 0 Å². The molecule has 0 saturated carbocycles. The van der Waals surface area contributed by atoms with Crippen LogP contribution in [0.2, 0.25) is 0 Å². The van der Waals surface area contributed by atoms with E-state index in [2.05, 4.69) is 46.4 Å². The van der Waals surface area contributed by atoms with Crippen molar-refractivity contribution < 1.29 is 0 Å². The molecule has 2 atom stereocenters. The second-order valence-corrected chi connectivity index (χ2v) is 5.86. The Balaban J connectivity index is 2.65. The van der Waals surface area contributed by atoms with E-state index in [1.54, 1.807) is 0 Å². The highest BCUT2D eigenvalue weighted by molar-refractivity contribution is 4.92. The van der Waals surface area contributed by atoms with Crippen LogP contribution in [0.15, 0.2) is 0 Å². The van der Waals surface area contributed by atoms with Gasteiger partial charge in [0, 0.05) is 18.6 Å². The van der Waals surface area contributed by atoms with E-state index in [9.17, 15) is 0 Å². The first kappa shape index (κ1) is 12.0. The van der Waals surface area contributed by atoms with Crippen LogP contribution >= 0.6 is 0 Å². The lowest BCUT2D eigenvalue weighted by Crippen LogP contribution is -2.46. The monoisotopic (exact) mass is 197 g/mol. The van der Waals surface area contributed by atoms with E-state index in [1.807, 2.05) is 0 Å². The topological polar surface area (TPSA) is 3.24 Å². The highest BCUT2D eigenvalue weighted by atomic mass is 15.2. The lowest BCUT2D eigenvalue weighted by atomic mass is 9.89. The molecule has 1 fully saturated rings. The molecular weight excluding hydrogens is 170 g/mol. The van der Waals surface area contributed by atoms with Gasteiger partial charge in [0.15, 0.2) is 0 Å². The number of rotatable bonds is 3. The smallest absolute Gasteiger partial charge is 0.0176 e. The van der Waals surface area contributed by atoms with Crippen molar-refractivity contribution in [1.29, 1.82) is 0 Å². The summed E-state index contributed by atoms with van der Waals surface area (Å²) in [7, 11) is 0. The third-order valence-corrected chi connectivity index (χ3v) is 4.52. The van der Waals surface area contributed by atoms with Gasteiger partial charge >= 0.3 is 0 Å². The van der Waals surface area contributed by atoms with Crippen molar-refractivity contribution in [3.63, 3.8) is 0 Å². The second-order valence-electron chi connectivity index (χ2n) is 5.86. The van der Waals surface area contributed by atoms with Gasteiger partial charge in [0.25, 0.3) is 0 Å². The molecule has 1 aliphatic rings. The standard InChI is InChI=1S/C13H27N/c1-7-12-9-14(8-11(12)4)13(5,6)10(2)3/h10-12H,7-9H2,1-6H3/t11-,12-/m0/s1. The number of likely N-dealkylation sites (tertiary alicyclic amines) is 1. The number of hydrogen-bond acceptors (Lipinski definition) is 1. The van der Waals surface area contributed by atoms with Gasteiger partial charge in [-0.1, -0.05) is 34.1 Å². The maximum absolute atomic E-state index is 2.69. The minimum Gasteiger partial charge on any atom is -0.297 e. The van der Waals surface area contributed by atoms with Gasteiger partial charge in [-0.3, -0.25) is 4.90 Å². The predicted octanol–water partition coefficient (Wildman–Crippen LogP) is 3.40. The predicted molar refractivity (Wildman–Crippen MR) is 63.4 cm³/mol. The van der Waals surface area contributed by atoms with Gasteiger partial charge in [0.2, 0.25) is 0 Å². The van der Waals surface area contributed by atoms with Crippen LogP contribution < -0.4 is 0 Å². The van der Waals surface area contributed by atoms with Gasteiger partial charge in [-0.25, -0.2) is 0 Å². The van der Waals surface area contributed by atoms with Crippen LogP contribution in [0, 0.1) is 17.8 Å². The first-order valence-electron chi connectivity index (χ1n) is 6.14. The maximum Gasteiger partial charge on any atom is 0.0176 e. The summed E-state index contributed by atoms with van der Waals surface area (Å²) in [5.74, 6) is 2.55. The summed E-state index contributed by atoms with van der Waals surface area (Å²) >= 11 is 0. The van der Waals surface area contributed by atoms with Crippen LogP contribution in [0.5, 0.6) is 0 Å². The molecule has 0 aromatic carbocycles. The van der Waals surface area contributed by atoms with Crippen LogP contribution in [0.4, 0.5) is 0 Å². The zero-order valence-electron chi connectivity index (χ0n) is 10.8. The molecule has 0 aromatic heterocycles. The first-order valence-corrected chi connectivity index (χ1v) is 6.14. The fourth-order valence-electron chi connectivity index (χ4n) is 2.40. The molecule has 1 nitrogen and oxygen atoms in total. The molecule has 0 spiro atoms. The zero-order chi connectivity index (χ0) is 10.9. The Morgan fingerprint density at radius 3 is 2.21 bits per heavy atom. The lowest BCUT2D eigenvalue weighted by molar-refractivity contribution is 0.0972. The second kappa shape index (κ2) is 4.22. The number of hydrogen-bond donors (Lipinski definition) is 0. The molecular formula is C13H27N. The molecule has 0 unspecified atom stereocenters. The molecule has 84 valence electrons. The summed E-state index contributed by atoms with van der Waals surface area (Å²) in [5.41, 5.74) is 0.373. The average Bonchev–Trinajstić information content (AvgIpc) is 2.47. The van der Waals surface area contributed by atoms with E-state index in [0.717, 1.165) is 17.8 Å². The van der Waals surface area contributed by atoms with Gasteiger partial charge in [-0.05, 0) is 31.6 Å². The van der Waals surface area contributed by atoms with Crippen molar-refractivity contribution in [2.24, 2.45) is 17.8 Å². The summed E-state index contributed by atoms with van der Waals surface area (Å²) in [6, 6.07) is 0. The van der Waals surface area contributed by atoms with Crippen molar-refractivity contribution in [2.75, 3.05) is 13.1 Å². The van der Waals surface area contributed by atoms with Gasteiger partial charge in [-0.2, -0.15) is 0 Å². The fraction of sp³-hybridized carbons (Fsp3) is 1.00. The summed E-state index contributed by atoms with van der Waals surface area (Å²) < 4.78 is 0.